The zero-order valence-corrected chi connectivity index (χ0v) is 7.16. The van der Waals surface area contributed by atoms with Crippen molar-refractivity contribution in [3.8, 4) is 0 Å². The third-order valence-electron chi connectivity index (χ3n) is 2.39. The van der Waals surface area contributed by atoms with E-state index < -0.39 is 43.3 Å². The van der Waals surface area contributed by atoms with Gasteiger partial charge in [-0.05, 0) is 0 Å². The summed E-state index contributed by atoms with van der Waals surface area (Å²) < 4.78 is 9.71. The van der Waals surface area contributed by atoms with Crippen LogP contribution in [0.1, 0.15) is 0 Å². The van der Waals surface area contributed by atoms with Gasteiger partial charge < -0.3 is 30.1 Å². The summed E-state index contributed by atoms with van der Waals surface area (Å²) in [7, 11) is 0. The summed E-state index contributed by atoms with van der Waals surface area (Å²) in [6.07, 6.45) is -5.01. The molecule has 0 aromatic carbocycles. The lowest BCUT2D eigenvalue weighted by atomic mass is 9.98. The van der Waals surface area contributed by atoms with Crippen LogP contribution in [0.2, 0.25) is 0 Å². The summed E-state index contributed by atoms with van der Waals surface area (Å²) in [4.78, 5) is 10.8. The number of fused-ring (bicyclic) bond motifs is 1. The summed E-state index contributed by atoms with van der Waals surface area (Å²) in [6, 6.07) is -0.778. The van der Waals surface area contributed by atoms with Crippen molar-refractivity contribution in [1.29, 1.82) is 0 Å². The molecule has 80 valence electrons. The Morgan fingerprint density at radius 1 is 1.36 bits per heavy atom. The topological polar surface area (TPSA) is 108 Å². The minimum absolute atomic E-state index is 0.445. The number of hydrogen-bond donors (Lipinski definition) is 4. The molecule has 0 spiro atoms. The van der Waals surface area contributed by atoms with Gasteiger partial charge in [0.1, 0.15) is 24.4 Å². The summed E-state index contributed by atoms with van der Waals surface area (Å²) in [6.45, 7) is -0.445. The number of hydrogen-bond acceptors (Lipinski definition) is 6. The van der Waals surface area contributed by atoms with Gasteiger partial charge in [0.2, 0.25) is 6.29 Å². The van der Waals surface area contributed by atoms with Gasteiger partial charge in [0.25, 0.3) is 0 Å². The number of rotatable bonds is 1. The van der Waals surface area contributed by atoms with Crippen LogP contribution in [-0.2, 0) is 9.47 Å². The lowest BCUT2D eigenvalue weighted by Gasteiger charge is -2.36. The van der Waals surface area contributed by atoms with E-state index >= 15 is 0 Å². The molecule has 0 bridgehead atoms. The maximum absolute atomic E-state index is 10.8. The minimum atomic E-state index is -1.23. The van der Waals surface area contributed by atoms with E-state index in [9.17, 15) is 15.0 Å². The molecule has 7 nitrogen and oxygen atoms in total. The molecule has 2 saturated heterocycles. The van der Waals surface area contributed by atoms with Crippen molar-refractivity contribution in [2.24, 2.45) is 0 Å². The summed E-state index contributed by atoms with van der Waals surface area (Å²) in [5.74, 6) is 0. The van der Waals surface area contributed by atoms with Crippen molar-refractivity contribution in [2.75, 3.05) is 6.61 Å². The van der Waals surface area contributed by atoms with E-state index in [1.807, 2.05) is 0 Å². The fourth-order valence-electron chi connectivity index (χ4n) is 1.61. The highest BCUT2D eigenvalue weighted by Crippen LogP contribution is 2.25. The summed E-state index contributed by atoms with van der Waals surface area (Å²) >= 11 is 0. The van der Waals surface area contributed by atoms with E-state index in [2.05, 4.69) is 10.1 Å². The lowest BCUT2D eigenvalue weighted by molar-refractivity contribution is -0.234. The van der Waals surface area contributed by atoms with Crippen LogP contribution in [0, 0.1) is 0 Å². The highest BCUT2D eigenvalue weighted by Gasteiger charge is 2.50. The molecular formula is C7H11NO6. The largest absolute Gasteiger partial charge is 0.417 e. The third kappa shape index (κ3) is 1.34. The molecule has 14 heavy (non-hydrogen) atoms. The number of carbonyl (C=O) groups excluding carboxylic acids is 1. The second kappa shape index (κ2) is 3.35. The number of nitrogens with one attached hydrogen (secondary N) is 1. The van der Waals surface area contributed by atoms with Crippen LogP contribution < -0.4 is 5.32 Å². The molecule has 0 aliphatic carbocycles. The summed E-state index contributed by atoms with van der Waals surface area (Å²) in [5, 5.41) is 30.1. The smallest absolute Gasteiger partial charge is 0.410 e. The molecule has 2 rings (SSSR count). The van der Waals surface area contributed by atoms with Crippen molar-refractivity contribution in [2.45, 2.75) is 30.6 Å². The average Bonchev–Trinajstić information content (AvgIpc) is 2.52. The van der Waals surface area contributed by atoms with Crippen LogP contribution in [0.4, 0.5) is 4.79 Å². The Hall–Kier alpha value is -0.890. The summed E-state index contributed by atoms with van der Waals surface area (Å²) in [5.41, 5.74) is 0. The second-order valence-corrected chi connectivity index (χ2v) is 3.28. The first-order chi connectivity index (χ1) is 6.63. The molecule has 1 amide bonds. The number of ether oxygens (including phenoxy) is 2. The maximum Gasteiger partial charge on any atom is 0.410 e. The quantitative estimate of drug-likeness (QED) is 0.378. The third-order valence-corrected chi connectivity index (χ3v) is 2.39. The predicted molar refractivity (Wildman–Crippen MR) is 41.2 cm³/mol. The van der Waals surface area contributed by atoms with Gasteiger partial charge in [-0.3, -0.25) is 0 Å². The van der Waals surface area contributed by atoms with Gasteiger partial charge in [-0.15, -0.1) is 0 Å². The molecule has 2 heterocycles. The maximum atomic E-state index is 10.8. The van der Waals surface area contributed by atoms with Crippen molar-refractivity contribution in [1.82, 2.24) is 5.32 Å². The number of aliphatic hydroxyl groups is 3. The van der Waals surface area contributed by atoms with E-state index in [0.717, 1.165) is 0 Å². The molecule has 0 aromatic rings. The van der Waals surface area contributed by atoms with Crippen LogP contribution in [0.3, 0.4) is 0 Å². The number of alkyl carbamates (subject to hydrolysis) is 1. The van der Waals surface area contributed by atoms with E-state index in [1.165, 1.54) is 0 Å². The van der Waals surface area contributed by atoms with E-state index in [-0.39, 0.29) is 0 Å². The zero-order valence-electron chi connectivity index (χ0n) is 7.16. The van der Waals surface area contributed by atoms with Gasteiger partial charge in [-0.1, -0.05) is 0 Å². The Labute approximate surface area is 79.2 Å². The van der Waals surface area contributed by atoms with Crippen molar-refractivity contribution >= 4 is 6.09 Å². The van der Waals surface area contributed by atoms with E-state index in [4.69, 9.17) is 9.84 Å². The van der Waals surface area contributed by atoms with Crippen molar-refractivity contribution in [3.63, 3.8) is 0 Å². The van der Waals surface area contributed by atoms with E-state index in [0.29, 0.717) is 0 Å². The molecule has 0 unspecified atom stereocenters. The Kier molecular flexibility index (Phi) is 2.31. The van der Waals surface area contributed by atoms with Crippen LogP contribution in [0.5, 0.6) is 0 Å². The highest BCUT2D eigenvalue weighted by molar-refractivity contribution is 5.70. The zero-order chi connectivity index (χ0) is 10.3. The number of amides is 1. The Balaban J connectivity index is 2.13. The SMILES string of the molecule is O=C1N[C@@H]2[C@H](O1)O[C@H](CO)[C@@H](O)[C@H]2O. The molecule has 0 radical (unpaired) electrons. The highest BCUT2D eigenvalue weighted by atomic mass is 16.7. The molecule has 0 saturated carbocycles. The van der Waals surface area contributed by atoms with E-state index in [1.54, 1.807) is 0 Å². The fourth-order valence-corrected chi connectivity index (χ4v) is 1.61. The molecule has 2 fully saturated rings. The van der Waals surface area contributed by atoms with Gasteiger partial charge in [0.05, 0.1) is 6.61 Å². The van der Waals surface area contributed by atoms with Gasteiger partial charge >= 0.3 is 6.09 Å². The van der Waals surface area contributed by atoms with Gasteiger partial charge in [0, 0.05) is 0 Å². The van der Waals surface area contributed by atoms with Crippen LogP contribution >= 0.6 is 0 Å². The van der Waals surface area contributed by atoms with Gasteiger partial charge in [0.15, 0.2) is 0 Å². The Morgan fingerprint density at radius 2 is 2.07 bits per heavy atom. The second-order valence-electron chi connectivity index (χ2n) is 3.28. The predicted octanol–water partition coefficient (Wildman–Crippen LogP) is -2.47. The average molecular weight is 205 g/mol. The Morgan fingerprint density at radius 3 is 2.71 bits per heavy atom. The standard InChI is InChI=1S/C7H11NO6/c9-1-2-4(10)5(11)3-6(13-2)14-7(12)8-3/h2-6,9-11H,1H2,(H,8,12)/t2-,3+,4-,5+,6+/m1/s1. The van der Waals surface area contributed by atoms with Crippen LogP contribution in [-0.4, -0.2) is 58.7 Å². The first-order valence-corrected chi connectivity index (χ1v) is 4.23. The normalized spacial score (nSPS) is 46.8. The minimum Gasteiger partial charge on any atom is -0.417 e. The molecule has 0 aromatic heterocycles. The van der Waals surface area contributed by atoms with Crippen LogP contribution in [0.15, 0.2) is 0 Å². The lowest BCUT2D eigenvalue weighted by Crippen LogP contribution is -2.60. The molecule has 2 aliphatic heterocycles. The first kappa shape index (κ1) is 9.66. The molecule has 2 aliphatic rings. The number of carbonyl (C=O) groups is 1. The monoisotopic (exact) mass is 205 g/mol. The Bertz CT molecular complexity index is 246. The fraction of sp³-hybridized carbons (Fsp3) is 0.857. The first-order valence-electron chi connectivity index (χ1n) is 4.23. The molecule has 7 heteroatoms. The van der Waals surface area contributed by atoms with Crippen molar-refractivity contribution < 1.29 is 29.6 Å². The van der Waals surface area contributed by atoms with Gasteiger partial charge in [-0.25, -0.2) is 4.79 Å². The van der Waals surface area contributed by atoms with Crippen molar-refractivity contribution in [3.05, 3.63) is 0 Å². The number of aliphatic hydroxyl groups excluding tert-OH is 3. The molecular weight excluding hydrogens is 194 g/mol. The molecule has 5 atom stereocenters. The van der Waals surface area contributed by atoms with Gasteiger partial charge in [-0.2, -0.15) is 0 Å². The molecule has 4 N–H and O–H groups in total. The van der Waals surface area contributed by atoms with Crippen LogP contribution in [0.25, 0.3) is 0 Å².